The van der Waals surface area contributed by atoms with Crippen molar-refractivity contribution in [2.24, 2.45) is 0 Å². The van der Waals surface area contributed by atoms with E-state index in [1.807, 2.05) is 12.1 Å². The lowest BCUT2D eigenvalue weighted by Crippen LogP contribution is -2.62. The smallest absolute Gasteiger partial charge is 0.219 e. The van der Waals surface area contributed by atoms with Crippen molar-refractivity contribution in [2.45, 2.75) is 43.5 Å². The molecule has 3 aliphatic rings. The van der Waals surface area contributed by atoms with E-state index in [4.69, 9.17) is 21.1 Å². The Labute approximate surface area is 173 Å². The molecular formula is C18H24BrClN2O4S. The number of hydrogen-bond acceptors (Lipinski definition) is 5. The maximum atomic E-state index is 13.2. The van der Waals surface area contributed by atoms with Crippen molar-refractivity contribution in [3.63, 3.8) is 0 Å². The summed E-state index contributed by atoms with van der Waals surface area (Å²) < 4.78 is 39.5. The molecule has 3 aliphatic heterocycles. The van der Waals surface area contributed by atoms with E-state index in [-0.39, 0.29) is 6.04 Å². The van der Waals surface area contributed by atoms with Crippen LogP contribution >= 0.6 is 27.5 Å². The van der Waals surface area contributed by atoms with E-state index >= 15 is 0 Å². The van der Waals surface area contributed by atoms with Crippen LogP contribution in [0.25, 0.3) is 0 Å². The van der Waals surface area contributed by atoms with Crippen molar-refractivity contribution in [3.05, 3.63) is 21.6 Å². The number of rotatable bonds is 2. The summed E-state index contributed by atoms with van der Waals surface area (Å²) in [6, 6.07) is 3.73. The Kier molecular flexibility index (Phi) is 4.75. The van der Waals surface area contributed by atoms with Gasteiger partial charge in [-0.05, 0) is 49.2 Å². The number of ether oxygens (including phenoxy) is 2. The van der Waals surface area contributed by atoms with Crippen molar-refractivity contribution in [2.75, 3.05) is 37.8 Å². The summed E-state index contributed by atoms with van der Waals surface area (Å²) in [6.07, 6.45) is 0.747. The van der Waals surface area contributed by atoms with Gasteiger partial charge in [-0.2, -0.15) is 4.31 Å². The van der Waals surface area contributed by atoms with Gasteiger partial charge in [0.2, 0.25) is 10.0 Å². The summed E-state index contributed by atoms with van der Waals surface area (Å²) in [5.74, 6) is 0.733. The molecule has 2 fully saturated rings. The fraction of sp³-hybridized carbons (Fsp3) is 0.667. The molecule has 0 saturated carbocycles. The van der Waals surface area contributed by atoms with E-state index in [0.717, 1.165) is 22.3 Å². The molecule has 0 aromatic heterocycles. The van der Waals surface area contributed by atoms with Gasteiger partial charge in [-0.25, -0.2) is 8.42 Å². The van der Waals surface area contributed by atoms with Gasteiger partial charge >= 0.3 is 0 Å². The SMILES string of the molecule is CC(C)(C)S(=O)(=O)N1CC(N2CCOc3cc(Cl)cc(Br)c32)CC12COC2. The monoisotopic (exact) mass is 478 g/mol. The number of benzene rings is 1. The van der Waals surface area contributed by atoms with Gasteiger partial charge in [0.1, 0.15) is 12.4 Å². The molecule has 0 aliphatic carbocycles. The third-order valence-electron chi connectivity index (χ3n) is 5.64. The number of nitrogens with zero attached hydrogens (tertiary/aromatic N) is 2. The lowest BCUT2D eigenvalue weighted by molar-refractivity contribution is -0.0968. The predicted molar refractivity (Wildman–Crippen MR) is 109 cm³/mol. The van der Waals surface area contributed by atoms with Crippen molar-refractivity contribution in [1.82, 2.24) is 4.31 Å². The highest BCUT2D eigenvalue weighted by atomic mass is 79.9. The Morgan fingerprint density at radius 1 is 1.30 bits per heavy atom. The van der Waals surface area contributed by atoms with Crippen molar-refractivity contribution in [3.8, 4) is 5.75 Å². The molecule has 27 heavy (non-hydrogen) atoms. The Morgan fingerprint density at radius 3 is 2.59 bits per heavy atom. The van der Waals surface area contributed by atoms with Crippen LogP contribution in [0.3, 0.4) is 0 Å². The molecular weight excluding hydrogens is 456 g/mol. The number of fused-ring (bicyclic) bond motifs is 1. The number of halogens is 2. The van der Waals surface area contributed by atoms with Gasteiger partial charge in [-0.1, -0.05) is 11.6 Å². The average molecular weight is 480 g/mol. The Hall–Kier alpha value is -0.540. The second-order valence-electron chi connectivity index (χ2n) is 8.50. The normalized spacial score (nSPS) is 25.2. The number of anilines is 1. The molecule has 0 amide bonds. The lowest BCUT2D eigenvalue weighted by atomic mass is 9.93. The molecule has 4 rings (SSSR count). The Balaban J connectivity index is 1.70. The maximum absolute atomic E-state index is 13.2. The van der Waals surface area contributed by atoms with Gasteiger partial charge in [0.25, 0.3) is 0 Å². The van der Waals surface area contributed by atoms with Crippen LogP contribution in [0, 0.1) is 0 Å². The summed E-state index contributed by atoms with van der Waals surface area (Å²) in [6.45, 7) is 7.89. The molecule has 1 atom stereocenters. The molecule has 1 aromatic rings. The first kappa shape index (κ1) is 19.8. The third kappa shape index (κ3) is 3.08. The van der Waals surface area contributed by atoms with Gasteiger partial charge in [0.15, 0.2) is 0 Å². The van der Waals surface area contributed by atoms with E-state index in [9.17, 15) is 8.42 Å². The molecule has 0 radical (unpaired) electrons. The van der Waals surface area contributed by atoms with Gasteiger partial charge in [0, 0.05) is 28.1 Å². The minimum absolute atomic E-state index is 0.0613. The van der Waals surface area contributed by atoms with Crippen molar-refractivity contribution < 1.29 is 17.9 Å². The molecule has 1 spiro atoms. The molecule has 6 nitrogen and oxygen atoms in total. The minimum Gasteiger partial charge on any atom is -0.489 e. The van der Waals surface area contributed by atoms with E-state index in [2.05, 4.69) is 20.8 Å². The van der Waals surface area contributed by atoms with Crippen LogP contribution in [-0.2, 0) is 14.8 Å². The van der Waals surface area contributed by atoms with Crippen LogP contribution < -0.4 is 9.64 Å². The van der Waals surface area contributed by atoms with Gasteiger partial charge in [0.05, 0.1) is 35.7 Å². The largest absolute Gasteiger partial charge is 0.489 e. The molecule has 0 N–H and O–H groups in total. The van der Waals surface area contributed by atoms with E-state index in [1.54, 1.807) is 25.1 Å². The lowest BCUT2D eigenvalue weighted by Gasteiger charge is -2.46. The summed E-state index contributed by atoms with van der Waals surface area (Å²) in [5, 5.41) is 0.606. The van der Waals surface area contributed by atoms with E-state index in [0.29, 0.717) is 37.9 Å². The van der Waals surface area contributed by atoms with Crippen LogP contribution in [-0.4, -0.2) is 62.0 Å². The minimum atomic E-state index is -3.45. The van der Waals surface area contributed by atoms with Crippen LogP contribution in [0.15, 0.2) is 16.6 Å². The Morgan fingerprint density at radius 2 is 2.00 bits per heavy atom. The second-order valence-corrected chi connectivity index (χ2v) is 12.4. The molecule has 150 valence electrons. The highest BCUT2D eigenvalue weighted by Gasteiger charge is 2.59. The van der Waals surface area contributed by atoms with Gasteiger partial charge in [-0.3, -0.25) is 0 Å². The van der Waals surface area contributed by atoms with Crippen LogP contribution in [0.2, 0.25) is 5.02 Å². The zero-order valence-electron chi connectivity index (χ0n) is 15.7. The number of hydrogen-bond donors (Lipinski definition) is 0. The molecule has 1 aromatic carbocycles. The van der Waals surface area contributed by atoms with Crippen LogP contribution in [0.5, 0.6) is 5.75 Å². The summed E-state index contributed by atoms with van der Waals surface area (Å²) in [4.78, 5) is 2.26. The molecule has 1 unspecified atom stereocenters. The third-order valence-corrected chi connectivity index (χ3v) is 9.12. The van der Waals surface area contributed by atoms with Crippen molar-refractivity contribution in [1.29, 1.82) is 0 Å². The molecule has 9 heteroatoms. The van der Waals surface area contributed by atoms with Crippen LogP contribution in [0.1, 0.15) is 27.2 Å². The first-order chi connectivity index (χ1) is 12.6. The second kappa shape index (κ2) is 6.49. The average Bonchev–Trinajstić information content (AvgIpc) is 2.94. The van der Waals surface area contributed by atoms with Crippen molar-refractivity contribution >= 4 is 43.2 Å². The number of sulfonamides is 1. The topological polar surface area (TPSA) is 59.1 Å². The summed E-state index contributed by atoms with van der Waals surface area (Å²) >= 11 is 9.77. The van der Waals surface area contributed by atoms with Gasteiger partial charge in [-0.15, -0.1) is 0 Å². The quantitative estimate of drug-likeness (QED) is 0.651. The van der Waals surface area contributed by atoms with E-state index in [1.165, 1.54) is 0 Å². The summed E-state index contributed by atoms with van der Waals surface area (Å²) in [5.41, 5.74) is 0.509. The Bertz CT molecular complexity index is 867. The molecule has 3 heterocycles. The first-order valence-electron chi connectivity index (χ1n) is 9.04. The van der Waals surface area contributed by atoms with E-state index < -0.39 is 20.3 Å². The van der Waals surface area contributed by atoms with Gasteiger partial charge < -0.3 is 14.4 Å². The highest BCUT2D eigenvalue weighted by molar-refractivity contribution is 9.10. The fourth-order valence-electron chi connectivity index (χ4n) is 4.14. The zero-order valence-corrected chi connectivity index (χ0v) is 18.8. The maximum Gasteiger partial charge on any atom is 0.219 e. The standard InChI is InChI=1S/C18H24BrClN2O4S/c1-17(2,3)27(23,24)22-9-13(8-18(22)10-25-11-18)21-4-5-26-15-7-12(20)6-14(19)16(15)21/h6-7,13H,4-5,8-11H2,1-3H3. The predicted octanol–water partition coefficient (Wildman–Crippen LogP) is 3.27. The zero-order chi connectivity index (χ0) is 19.6. The highest BCUT2D eigenvalue weighted by Crippen LogP contribution is 2.47. The summed E-state index contributed by atoms with van der Waals surface area (Å²) in [7, 11) is -3.45. The molecule has 2 saturated heterocycles. The molecule has 0 bridgehead atoms. The van der Waals surface area contributed by atoms with Crippen LogP contribution in [0.4, 0.5) is 5.69 Å². The first-order valence-corrected chi connectivity index (χ1v) is 11.6. The fourth-order valence-corrected chi connectivity index (χ4v) is 6.87.